The minimum atomic E-state index is -1.08. The van der Waals surface area contributed by atoms with Gasteiger partial charge in [-0.15, -0.1) is 11.8 Å². The number of piperidine rings is 1. The second-order valence-electron chi connectivity index (χ2n) is 5.54. The van der Waals surface area contributed by atoms with Crippen molar-refractivity contribution in [3.8, 4) is 0 Å². The van der Waals surface area contributed by atoms with E-state index < -0.39 is 12.0 Å². The second kappa shape index (κ2) is 8.26. The van der Waals surface area contributed by atoms with E-state index in [2.05, 4.69) is 19.2 Å². The minimum absolute atomic E-state index is 0.0478. The SMILES string of the molecule is CC(=O)NC(CSCC(=O)N1C(C)CCCC1C)C(=O)O. The summed E-state index contributed by atoms with van der Waals surface area (Å²) in [7, 11) is 0. The molecule has 6 nitrogen and oxygen atoms in total. The van der Waals surface area contributed by atoms with Gasteiger partial charge in [0, 0.05) is 24.8 Å². The van der Waals surface area contributed by atoms with E-state index in [0.717, 1.165) is 19.3 Å². The van der Waals surface area contributed by atoms with Crippen LogP contribution in [0.3, 0.4) is 0 Å². The number of carbonyl (C=O) groups excluding carboxylic acids is 2. The summed E-state index contributed by atoms with van der Waals surface area (Å²) in [4.78, 5) is 36.1. The summed E-state index contributed by atoms with van der Waals surface area (Å²) in [5.41, 5.74) is 0. The molecule has 0 spiro atoms. The quantitative estimate of drug-likeness (QED) is 0.766. The molecular formula is C14H24N2O4S. The predicted octanol–water partition coefficient (Wildman–Crippen LogP) is 1.10. The summed E-state index contributed by atoms with van der Waals surface area (Å²) >= 11 is 1.25. The van der Waals surface area contributed by atoms with Gasteiger partial charge in [0.15, 0.2) is 0 Å². The first-order valence-corrected chi connectivity index (χ1v) is 8.37. The number of nitrogens with zero attached hydrogens (tertiary/aromatic N) is 1. The average Bonchev–Trinajstić information content (AvgIpc) is 2.36. The zero-order valence-electron chi connectivity index (χ0n) is 12.8. The van der Waals surface area contributed by atoms with Crippen molar-refractivity contribution < 1.29 is 19.5 Å². The molecule has 3 unspecified atom stereocenters. The maximum atomic E-state index is 12.3. The molecule has 0 radical (unpaired) electrons. The lowest BCUT2D eigenvalue weighted by Crippen LogP contribution is -2.48. The summed E-state index contributed by atoms with van der Waals surface area (Å²) in [5.74, 6) is -0.973. The van der Waals surface area contributed by atoms with Crippen LogP contribution < -0.4 is 5.32 Å². The Kier molecular flexibility index (Phi) is 7.01. The third kappa shape index (κ3) is 5.57. The molecule has 1 aliphatic rings. The lowest BCUT2D eigenvalue weighted by molar-refractivity contribution is -0.140. The van der Waals surface area contributed by atoms with E-state index in [-0.39, 0.29) is 35.4 Å². The number of rotatable bonds is 6. The Morgan fingerprint density at radius 2 is 1.86 bits per heavy atom. The van der Waals surface area contributed by atoms with Gasteiger partial charge in [0.25, 0.3) is 0 Å². The smallest absolute Gasteiger partial charge is 0.327 e. The zero-order valence-corrected chi connectivity index (χ0v) is 13.6. The molecule has 3 atom stereocenters. The largest absolute Gasteiger partial charge is 0.480 e. The second-order valence-corrected chi connectivity index (χ2v) is 6.57. The number of likely N-dealkylation sites (tertiary alicyclic amines) is 1. The van der Waals surface area contributed by atoms with Crippen LogP contribution in [0, 0.1) is 0 Å². The normalized spacial score (nSPS) is 23.5. The lowest BCUT2D eigenvalue weighted by Gasteiger charge is -2.39. The molecule has 7 heteroatoms. The van der Waals surface area contributed by atoms with Crippen molar-refractivity contribution in [3.05, 3.63) is 0 Å². The predicted molar refractivity (Wildman–Crippen MR) is 82.2 cm³/mol. The number of thioether (sulfide) groups is 1. The van der Waals surface area contributed by atoms with Crippen LogP contribution in [0.4, 0.5) is 0 Å². The number of aliphatic carboxylic acids is 1. The summed E-state index contributed by atoms with van der Waals surface area (Å²) in [6.07, 6.45) is 3.18. The van der Waals surface area contributed by atoms with E-state index in [4.69, 9.17) is 5.11 Å². The first-order chi connectivity index (χ1) is 9.82. The Balaban J connectivity index is 2.44. The summed E-state index contributed by atoms with van der Waals surface area (Å²) in [6, 6.07) is -0.462. The van der Waals surface area contributed by atoms with Crippen molar-refractivity contribution in [1.29, 1.82) is 0 Å². The highest BCUT2D eigenvalue weighted by atomic mass is 32.2. The van der Waals surface area contributed by atoms with E-state index in [1.807, 2.05) is 4.90 Å². The van der Waals surface area contributed by atoms with E-state index in [9.17, 15) is 14.4 Å². The van der Waals surface area contributed by atoms with Crippen molar-refractivity contribution in [1.82, 2.24) is 10.2 Å². The van der Waals surface area contributed by atoms with Gasteiger partial charge in [0.05, 0.1) is 5.75 Å². The first-order valence-electron chi connectivity index (χ1n) is 7.21. The molecule has 0 aliphatic carbocycles. The van der Waals surface area contributed by atoms with Gasteiger partial charge in [-0.05, 0) is 33.1 Å². The molecule has 1 saturated heterocycles. The maximum absolute atomic E-state index is 12.3. The number of amides is 2. The molecule has 21 heavy (non-hydrogen) atoms. The number of hydrogen-bond donors (Lipinski definition) is 2. The molecule has 2 N–H and O–H groups in total. The van der Waals surface area contributed by atoms with Crippen molar-refractivity contribution in [3.63, 3.8) is 0 Å². The topological polar surface area (TPSA) is 86.7 Å². The molecule has 1 fully saturated rings. The van der Waals surface area contributed by atoms with Gasteiger partial charge in [0.1, 0.15) is 6.04 Å². The minimum Gasteiger partial charge on any atom is -0.480 e. The molecule has 1 heterocycles. The molecule has 1 aliphatic heterocycles. The fourth-order valence-electron chi connectivity index (χ4n) is 2.67. The van der Waals surface area contributed by atoms with Gasteiger partial charge < -0.3 is 15.3 Å². The third-order valence-electron chi connectivity index (χ3n) is 3.67. The number of carbonyl (C=O) groups is 3. The Bertz CT molecular complexity index is 392. The number of hydrogen-bond acceptors (Lipinski definition) is 4. The van der Waals surface area contributed by atoms with Crippen LogP contribution in [0.1, 0.15) is 40.0 Å². The standard InChI is InChI=1S/C14H24N2O4S/c1-9-5-4-6-10(2)16(9)13(18)8-21-7-12(14(19)20)15-11(3)17/h9-10,12H,4-8H2,1-3H3,(H,15,17)(H,19,20). The van der Waals surface area contributed by atoms with Gasteiger partial charge >= 0.3 is 5.97 Å². The van der Waals surface area contributed by atoms with Gasteiger partial charge in [0.2, 0.25) is 11.8 Å². The van der Waals surface area contributed by atoms with Crippen LogP contribution in [0.25, 0.3) is 0 Å². The monoisotopic (exact) mass is 316 g/mol. The Morgan fingerprint density at radius 3 is 2.33 bits per heavy atom. The highest BCUT2D eigenvalue weighted by molar-refractivity contribution is 8.00. The van der Waals surface area contributed by atoms with Gasteiger partial charge in [-0.2, -0.15) is 0 Å². The van der Waals surface area contributed by atoms with Crippen LogP contribution in [0.5, 0.6) is 0 Å². The number of carboxylic acid groups (broad SMARTS) is 1. The number of carboxylic acids is 1. The molecule has 0 aromatic heterocycles. The maximum Gasteiger partial charge on any atom is 0.327 e. The first kappa shape index (κ1) is 17.8. The van der Waals surface area contributed by atoms with Crippen LogP contribution in [-0.4, -0.2) is 57.4 Å². The third-order valence-corrected chi connectivity index (χ3v) is 4.69. The highest BCUT2D eigenvalue weighted by Crippen LogP contribution is 2.23. The van der Waals surface area contributed by atoms with Crippen molar-refractivity contribution >= 4 is 29.5 Å². The van der Waals surface area contributed by atoms with E-state index in [1.165, 1.54) is 18.7 Å². The molecule has 0 bridgehead atoms. The molecule has 120 valence electrons. The molecule has 0 saturated carbocycles. The average molecular weight is 316 g/mol. The Hall–Kier alpha value is -1.24. The highest BCUT2D eigenvalue weighted by Gasteiger charge is 2.29. The molecule has 0 aromatic carbocycles. The Labute approximate surface area is 129 Å². The molecule has 2 amide bonds. The van der Waals surface area contributed by atoms with E-state index in [1.54, 1.807) is 0 Å². The molecular weight excluding hydrogens is 292 g/mol. The fraction of sp³-hybridized carbons (Fsp3) is 0.786. The fourth-order valence-corrected chi connectivity index (χ4v) is 3.57. The summed E-state index contributed by atoms with van der Waals surface area (Å²) < 4.78 is 0. The number of nitrogens with one attached hydrogen (secondary N) is 1. The molecule has 1 rings (SSSR count). The van der Waals surface area contributed by atoms with Crippen molar-refractivity contribution in [2.45, 2.75) is 58.2 Å². The van der Waals surface area contributed by atoms with Crippen LogP contribution in [0.2, 0.25) is 0 Å². The van der Waals surface area contributed by atoms with E-state index in [0.29, 0.717) is 0 Å². The van der Waals surface area contributed by atoms with Crippen LogP contribution >= 0.6 is 11.8 Å². The van der Waals surface area contributed by atoms with E-state index >= 15 is 0 Å². The zero-order chi connectivity index (χ0) is 16.0. The van der Waals surface area contributed by atoms with Crippen molar-refractivity contribution in [2.75, 3.05) is 11.5 Å². The van der Waals surface area contributed by atoms with Gasteiger partial charge in [-0.3, -0.25) is 9.59 Å². The van der Waals surface area contributed by atoms with Gasteiger partial charge in [-0.25, -0.2) is 4.79 Å². The molecule has 0 aromatic rings. The van der Waals surface area contributed by atoms with Crippen LogP contribution in [-0.2, 0) is 14.4 Å². The summed E-state index contributed by atoms with van der Waals surface area (Å²) in [5, 5.41) is 11.4. The van der Waals surface area contributed by atoms with Crippen molar-refractivity contribution in [2.24, 2.45) is 0 Å². The van der Waals surface area contributed by atoms with Gasteiger partial charge in [-0.1, -0.05) is 0 Å². The lowest BCUT2D eigenvalue weighted by atomic mass is 9.98. The van der Waals surface area contributed by atoms with Crippen LogP contribution in [0.15, 0.2) is 0 Å². The Morgan fingerprint density at radius 1 is 1.29 bits per heavy atom. The summed E-state index contributed by atoms with van der Waals surface area (Å²) in [6.45, 7) is 5.38.